The zero-order valence-electron chi connectivity index (χ0n) is 13.3. The van der Waals surface area contributed by atoms with E-state index in [4.69, 9.17) is 9.84 Å². The van der Waals surface area contributed by atoms with E-state index in [9.17, 15) is 0 Å². The number of benzene rings is 2. The van der Waals surface area contributed by atoms with E-state index in [1.54, 1.807) is 21.0 Å². The molecule has 21 heavy (non-hydrogen) atoms. The van der Waals surface area contributed by atoms with Crippen molar-refractivity contribution >= 4 is 5.69 Å². The Kier molecular flexibility index (Phi) is 7.33. The van der Waals surface area contributed by atoms with Crippen molar-refractivity contribution in [2.75, 3.05) is 19.0 Å². The fourth-order valence-corrected chi connectivity index (χ4v) is 1.82. The molecule has 0 fully saturated rings. The van der Waals surface area contributed by atoms with Crippen molar-refractivity contribution in [2.24, 2.45) is 0 Å². The Labute approximate surface area is 127 Å². The van der Waals surface area contributed by atoms with Crippen molar-refractivity contribution in [1.82, 2.24) is 0 Å². The van der Waals surface area contributed by atoms with Gasteiger partial charge in [-0.05, 0) is 56.2 Å². The molecule has 3 heteroatoms. The SMILES string of the molecule is CC(C)O.CCNc1cccc(-c2cccc(OC)c2)c1. The standard InChI is InChI=1S/C15H17NO.C3H8O/c1-3-16-14-8-4-6-12(10-14)13-7-5-9-15(11-13)17-2;1-3(2)4/h4-11,16H,3H2,1-2H3;3-4H,1-2H3. The summed E-state index contributed by atoms with van der Waals surface area (Å²) < 4.78 is 5.24. The van der Waals surface area contributed by atoms with Gasteiger partial charge < -0.3 is 15.2 Å². The van der Waals surface area contributed by atoms with Gasteiger partial charge >= 0.3 is 0 Å². The molecule has 2 rings (SSSR count). The van der Waals surface area contributed by atoms with Crippen LogP contribution in [0.2, 0.25) is 0 Å². The average Bonchev–Trinajstić information content (AvgIpc) is 2.47. The van der Waals surface area contributed by atoms with Gasteiger partial charge in [-0.15, -0.1) is 0 Å². The Morgan fingerprint density at radius 1 is 1.05 bits per heavy atom. The third-order valence-electron chi connectivity index (χ3n) is 2.65. The Morgan fingerprint density at radius 2 is 1.62 bits per heavy atom. The third-order valence-corrected chi connectivity index (χ3v) is 2.65. The molecule has 0 radical (unpaired) electrons. The van der Waals surface area contributed by atoms with Crippen LogP contribution in [0.3, 0.4) is 0 Å². The molecule has 0 bridgehead atoms. The highest BCUT2D eigenvalue weighted by Gasteiger charge is 2.00. The molecule has 0 aliphatic heterocycles. The zero-order chi connectivity index (χ0) is 15.7. The van der Waals surface area contributed by atoms with E-state index in [1.165, 1.54) is 11.1 Å². The van der Waals surface area contributed by atoms with Crippen molar-refractivity contribution in [3.8, 4) is 16.9 Å². The van der Waals surface area contributed by atoms with Gasteiger partial charge in [0, 0.05) is 18.3 Å². The molecule has 0 aliphatic carbocycles. The highest BCUT2D eigenvalue weighted by Crippen LogP contribution is 2.25. The number of nitrogens with one attached hydrogen (secondary N) is 1. The summed E-state index contributed by atoms with van der Waals surface area (Å²) >= 11 is 0. The molecule has 0 amide bonds. The molecule has 0 atom stereocenters. The van der Waals surface area contributed by atoms with Gasteiger partial charge in [-0.25, -0.2) is 0 Å². The van der Waals surface area contributed by atoms with E-state index in [-0.39, 0.29) is 6.10 Å². The van der Waals surface area contributed by atoms with Crippen molar-refractivity contribution in [3.63, 3.8) is 0 Å². The molecular weight excluding hydrogens is 262 g/mol. The molecule has 0 unspecified atom stereocenters. The lowest BCUT2D eigenvalue weighted by Gasteiger charge is -2.08. The molecule has 0 spiro atoms. The van der Waals surface area contributed by atoms with Gasteiger partial charge in [0.2, 0.25) is 0 Å². The summed E-state index contributed by atoms with van der Waals surface area (Å²) in [6, 6.07) is 16.5. The maximum atomic E-state index is 8.06. The Hall–Kier alpha value is -2.00. The predicted octanol–water partition coefficient (Wildman–Crippen LogP) is 4.18. The van der Waals surface area contributed by atoms with E-state index in [2.05, 4.69) is 42.6 Å². The van der Waals surface area contributed by atoms with Crippen LogP contribution in [0.25, 0.3) is 11.1 Å². The quantitative estimate of drug-likeness (QED) is 0.886. The molecule has 0 aromatic heterocycles. The summed E-state index contributed by atoms with van der Waals surface area (Å²) in [6.45, 7) is 6.47. The highest BCUT2D eigenvalue weighted by molar-refractivity contribution is 5.69. The van der Waals surface area contributed by atoms with E-state index in [0.717, 1.165) is 18.0 Å². The Morgan fingerprint density at radius 3 is 2.19 bits per heavy atom. The molecule has 114 valence electrons. The van der Waals surface area contributed by atoms with Gasteiger partial charge in [0.15, 0.2) is 0 Å². The second kappa shape index (κ2) is 9.03. The first-order valence-electron chi connectivity index (χ1n) is 7.23. The van der Waals surface area contributed by atoms with Crippen LogP contribution < -0.4 is 10.1 Å². The van der Waals surface area contributed by atoms with Gasteiger partial charge in [0.1, 0.15) is 5.75 Å². The van der Waals surface area contributed by atoms with Crippen LogP contribution in [0.4, 0.5) is 5.69 Å². The minimum absolute atomic E-state index is 0.167. The van der Waals surface area contributed by atoms with E-state index in [0.29, 0.717) is 0 Å². The van der Waals surface area contributed by atoms with Crippen LogP contribution in [-0.2, 0) is 0 Å². The number of rotatable bonds is 4. The minimum Gasteiger partial charge on any atom is -0.497 e. The second-order valence-electron chi connectivity index (χ2n) is 4.94. The summed E-state index contributed by atoms with van der Waals surface area (Å²) in [5.74, 6) is 0.886. The smallest absolute Gasteiger partial charge is 0.119 e. The molecule has 0 heterocycles. The lowest BCUT2D eigenvalue weighted by Crippen LogP contribution is -1.95. The number of aliphatic hydroxyl groups is 1. The van der Waals surface area contributed by atoms with E-state index in [1.807, 2.05) is 18.2 Å². The molecule has 2 N–H and O–H groups in total. The normalized spacial score (nSPS) is 9.81. The summed E-state index contributed by atoms with van der Waals surface area (Å²) in [5, 5.41) is 11.4. The number of hydrogen-bond donors (Lipinski definition) is 2. The number of aliphatic hydroxyl groups excluding tert-OH is 1. The molecule has 2 aromatic rings. The van der Waals surface area contributed by atoms with Crippen molar-refractivity contribution in [3.05, 3.63) is 48.5 Å². The monoisotopic (exact) mass is 287 g/mol. The third kappa shape index (κ3) is 6.32. The van der Waals surface area contributed by atoms with Gasteiger partial charge in [0.25, 0.3) is 0 Å². The van der Waals surface area contributed by atoms with Crippen molar-refractivity contribution < 1.29 is 9.84 Å². The van der Waals surface area contributed by atoms with Crippen LogP contribution in [-0.4, -0.2) is 24.9 Å². The molecule has 0 saturated carbocycles. The van der Waals surface area contributed by atoms with Crippen LogP contribution in [0.15, 0.2) is 48.5 Å². The number of hydrogen-bond acceptors (Lipinski definition) is 3. The van der Waals surface area contributed by atoms with Crippen molar-refractivity contribution in [1.29, 1.82) is 0 Å². The maximum Gasteiger partial charge on any atom is 0.119 e. The van der Waals surface area contributed by atoms with Crippen LogP contribution in [0.5, 0.6) is 5.75 Å². The molecule has 2 aromatic carbocycles. The minimum atomic E-state index is -0.167. The number of methoxy groups -OCH3 is 1. The van der Waals surface area contributed by atoms with E-state index >= 15 is 0 Å². The maximum absolute atomic E-state index is 8.06. The van der Waals surface area contributed by atoms with E-state index < -0.39 is 0 Å². The molecule has 0 saturated heterocycles. The summed E-state index contributed by atoms with van der Waals surface area (Å²) in [7, 11) is 1.69. The van der Waals surface area contributed by atoms with Gasteiger partial charge in [-0.2, -0.15) is 0 Å². The topological polar surface area (TPSA) is 41.5 Å². The summed E-state index contributed by atoms with van der Waals surface area (Å²) in [5.41, 5.74) is 3.51. The molecule has 3 nitrogen and oxygen atoms in total. The number of ether oxygens (including phenoxy) is 1. The number of anilines is 1. The highest BCUT2D eigenvalue weighted by atomic mass is 16.5. The Bertz CT molecular complexity index is 535. The largest absolute Gasteiger partial charge is 0.497 e. The Balaban J connectivity index is 0.000000491. The average molecular weight is 287 g/mol. The summed E-state index contributed by atoms with van der Waals surface area (Å²) in [4.78, 5) is 0. The lowest BCUT2D eigenvalue weighted by atomic mass is 10.0. The van der Waals surface area contributed by atoms with Crippen LogP contribution >= 0.6 is 0 Å². The molecular formula is C18H25NO2. The van der Waals surface area contributed by atoms with Crippen molar-refractivity contribution in [2.45, 2.75) is 26.9 Å². The second-order valence-corrected chi connectivity index (χ2v) is 4.94. The van der Waals surface area contributed by atoms with Gasteiger partial charge in [-0.1, -0.05) is 24.3 Å². The predicted molar refractivity (Wildman–Crippen MR) is 89.9 cm³/mol. The van der Waals surface area contributed by atoms with Gasteiger partial charge in [-0.3, -0.25) is 0 Å². The van der Waals surface area contributed by atoms with Crippen LogP contribution in [0.1, 0.15) is 20.8 Å². The fraction of sp³-hybridized carbons (Fsp3) is 0.333. The first-order valence-corrected chi connectivity index (χ1v) is 7.23. The first kappa shape index (κ1) is 17.1. The summed E-state index contributed by atoms with van der Waals surface area (Å²) in [6.07, 6.45) is -0.167. The van der Waals surface area contributed by atoms with Gasteiger partial charge in [0.05, 0.1) is 7.11 Å². The molecule has 0 aliphatic rings. The zero-order valence-corrected chi connectivity index (χ0v) is 13.3. The fourth-order valence-electron chi connectivity index (χ4n) is 1.82. The lowest BCUT2D eigenvalue weighted by molar-refractivity contribution is 0.216. The first-order chi connectivity index (χ1) is 10.1. The van der Waals surface area contributed by atoms with Crippen LogP contribution in [0, 0.1) is 0 Å².